The van der Waals surface area contributed by atoms with Crippen molar-refractivity contribution in [3.63, 3.8) is 0 Å². The lowest BCUT2D eigenvalue weighted by atomic mass is 10.4. The van der Waals surface area contributed by atoms with E-state index >= 15 is 0 Å². The van der Waals surface area contributed by atoms with Crippen LogP contribution >= 0.6 is 0 Å². The van der Waals surface area contributed by atoms with Gasteiger partial charge in [0, 0.05) is 14.2 Å². The van der Waals surface area contributed by atoms with Gasteiger partial charge >= 0.3 is 0 Å². The van der Waals surface area contributed by atoms with Crippen molar-refractivity contribution in [2.24, 2.45) is 0 Å². The van der Waals surface area contributed by atoms with Crippen molar-refractivity contribution in [2.45, 2.75) is 6.10 Å². The molecule has 0 aliphatic rings. The maximum absolute atomic E-state index is 9.41. The normalized spacial score (nSPS) is 12.4. The van der Waals surface area contributed by atoms with Crippen molar-refractivity contribution in [2.75, 3.05) is 160 Å². The molecule has 0 aromatic rings. The lowest BCUT2D eigenvalue weighted by molar-refractivity contribution is -0.0713. The number of aliphatic hydroxyl groups excluding tert-OH is 1. The molecule has 0 rings (SSSR count). The topological polar surface area (TPSA) is 131 Å². The highest BCUT2D eigenvalue weighted by atomic mass is 16.6. The molecule has 0 fully saturated rings. The third-order valence-electron chi connectivity index (χ3n) is 4.56. The minimum Gasteiger partial charge on any atom is -0.394 e. The van der Waals surface area contributed by atoms with Crippen LogP contribution in [0.15, 0.2) is 0 Å². The summed E-state index contributed by atoms with van der Waals surface area (Å²) in [5.74, 6) is 0. The van der Waals surface area contributed by atoms with Crippen molar-refractivity contribution in [1.29, 1.82) is 0 Å². The van der Waals surface area contributed by atoms with Gasteiger partial charge < -0.3 is 61.9 Å². The average molecular weight is 561 g/mol. The van der Waals surface area contributed by atoms with Crippen LogP contribution in [0.3, 0.4) is 0 Å². The molecule has 1 unspecified atom stereocenters. The van der Waals surface area contributed by atoms with Gasteiger partial charge in [0.25, 0.3) is 0 Å². The Kier molecular flexibility index (Phi) is 34.0. The van der Waals surface area contributed by atoms with Gasteiger partial charge in [-0.15, -0.1) is 0 Å². The summed E-state index contributed by atoms with van der Waals surface area (Å²) in [6, 6.07) is 0. The number of ether oxygens (including phenoxy) is 12. The van der Waals surface area contributed by atoms with Crippen LogP contribution < -0.4 is 0 Å². The van der Waals surface area contributed by atoms with E-state index in [9.17, 15) is 5.11 Å². The summed E-state index contributed by atoms with van der Waals surface area (Å²) < 4.78 is 63.9. The predicted octanol–water partition coefficient (Wildman–Crippen LogP) is -0.194. The monoisotopic (exact) mass is 560 g/mol. The molecule has 0 amide bonds. The molecule has 0 heterocycles. The van der Waals surface area contributed by atoms with E-state index in [1.54, 1.807) is 14.2 Å². The van der Waals surface area contributed by atoms with Gasteiger partial charge in [-0.05, 0) is 0 Å². The van der Waals surface area contributed by atoms with Gasteiger partial charge in [-0.3, -0.25) is 0 Å². The lowest BCUT2D eigenvalue weighted by Crippen LogP contribution is -2.27. The molecule has 0 saturated carbocycles. The zero-order valence-electron chi connectivity index (χ0n) is 23.5. The summed E-state index contributed by atoms with van der Waals surface area (Å²) in [6.07, 6.45) is -0.404. The molecular formula is C25H52O13. The lowest BCUT2D eigenvalue weighted by Gasteiger charge is -2.16. The Morgan fingerprint density at radius 2 is 0.632 bits per heavy atom. The molecule has 13 heteroatoms. The predicted molar refractivity (Wildman–Crippen MR) is 138 cm³/mol. The highest BCUT2D eigenvalue weighted by Crippen LogP contribution is 1.94. The molecule has 0 aliphatic carbocycles. The SMILES string of the molecule is COCCOCCOCCOCCOCCOCC(CO)OCCOCCOCCOCCOCCOC. The fraction of sp³-hybridized carbons (Fsp3) is 1.00. The first-order chi connectivity index (χ1) is 18.8. The zero-order valence-corrected chi connectivity index (χ0v) is 23.5. The standard InChI is InChI=1S/C25H52O13/c1-27-3-5-29-7-9-31-11-13-33-15-16-35-19-20-37-24-25(23-26)38-22-21-36-18-17-34-14-12-32-10-8-30-6-4-28-2/h25-26H,3-24H2,1-2H3. The van der Waals surface area contributed by atoms with Crippen molar-refractivity contribution in [3.8, 4) is 0 Å². The second kappa shape index (κ2) is 34.5. The fourth-order valence-electron chi connectivity index (χ4n) is 2.57. The smallest absolute Gasteiger partial charge is 0.104 e. The van der Waals surface area contributed by atoms with Crippen LogP contribution in [0.5, 0.6) is 0 Å². The highest BCUT2D eigenvalue weighted by Gasteiger charge is 2.07. The second-order valence-electron chi connectivity index (χ2n) is 7.63. The molecule has 13 nitrogen and oxygen atoms in total. The molecule has 0 saturated heterocycles. The minimum atomic E-state index is -0.404. The van der Waals surface area contributed by atoms with E-state index in [4.69, 9.17) is 56.8 Å². The minimum absolute atomic E-state index is 0.128. The Balaban J connectivity index is 3.25. The van der Waals surface area contributed by atoms with Crippen molar-refractivity contribution >= 4 is 0 Å². The van der Waals surface area contributed by atoms with E-state index in [-0.39, 0.29) is 13.2 Å². The first kappa shape index (κ1) is 37.5. The van der Waals surface area contributed by atoms with Crippen LogP contribution in [0.2, 0.25) is 0 Å². The third-order valence-corrected chi connectivity index (χ3v) is 4.56. The molecule has 0 aliphatic heterocycles. The van der Waals surface area contributed by atoms with Crippen LogP contribution in [0, 0.1) is 0 Å². The van der Waals surface area contributed by atoms with E-state index in [0.29, 0.717) is 132 Å². The maximum Gasteiger partial charge on any atom is 0.104 e. The quantitative estimate of drug-likeness (QED) is 0.104. The molecular weight excluding hydrogens is 508 g/mol. The Morgan fingerprint density at radius 3 is 0.921 bits per heavy atom. The molecule has 1 N–H and O–H groups in total. The second-order valence-corrected chi connectivity index (χ2v) is 7.63. The molecule has 0 spiro atoms. The van der Waals surface area contributed by atoms with Gasteiger partial charge in [-0.2, -0.15) is 0 Å². The Labute approximate surface area is 228 Å². The summed E-state index contributed by atoms with van der Waals surface area (Å²) in [5, 5.41) is 9.41. The van der Waals surface area contributed by atoms with Crippen LogP contribution in [0.4, 0.5) is 0 Å². The van der Waals surface area contributed by atoms with E-state index in [0.717, 1.165) is 0 Å². The Hall–Kier alpha value is -0.520. The largest absolute Gasteiger partial charge is 0.394 e. The van der Waals surface area contributed by atoms with Crippen molar-refractivity contribution < 1.29 is 61.9 Å². The van der Waals surface area contributed by atoms with E-state index in [1.165, 1.54) is 0 Å². The van der Waals surface area contributed by atoms with Crippen LogP contribution in [-0.2, 0) is 56.8 Å². The highest BCUT2D eigenvalue weighted by molar-refractivity contribution is 4.54. The first-order valence-electron chi connectivity index (χ1n) is 13.2. The summed E-state index contributed by atoms with van der Waals surface area (Å²) in [5.41, 5.74) is 0. The summed E-state index contributed by atoms with van der Waals surface area (Å²) in [7, 11) is 3.28. The summed E-state index contributed by atoms with van der Waals surface area (Å²) in [4.78, 5) is 0. The maximum atomic E-state index is 9.41. The number of hydrogen-bond donors (Lipinski definition) is 1. The average Bonchev–Trinajstić information content (AvgIpc) is 2.93. The Morgan fingerprint density at radius 1 is 0.368 bits per heavy atom. The molecule has 0 aromatic heterocycles. The van der Waals surface area contributed by atoms with Crippen LogP contribution in [-0.4, -0.2) is 171 Å². The summed E-state index contributed by atoms with van der Waals surface area (Å²) >= 11 is 0. The molecule has 0 bridgehead atoms. The number of aliphatic hydroxyl groups is 1. The van der Waals surface area contributed by atoms with Gasteiger partial charge in [0.05, 0.1) is 145 Å². The van der Waals surface area contributed by atoms with Crippen molar-refractivity contribution in [3.05, 3.63) is 0 Å². The third kappa shape index (κ3) is 31.7. The molecule has 1 atom stereocenters. The molecule has 38 heavy (non-hydrogen) atoms. The molecule has 230 valence electrons. The van der Waals surface area contributed by atoms with Crippen LogP contribution in [0.25, 0.3) is 0 Å². The number of methoxy groups -OCH3 is 2. The number of rotatable bonds is 34. The van der Waals surface area contributed by atoms with Crippen LogP contribution in [0.1, 0.15) is 0 Å². The zero-order chi connectivity index (χ0) is 27.6. The summed E-state index contributed by atoms with van der Waals surface area (Å²) in [6.45, 7) is 10.2. The van der Waals surface area contributed by atoms with Gasteiger partial charge in [0.2, 0.25) is 0 Å². The number of hydrogen-bond acceptors (Lipinski definition) is 13. The van der Waals surface area contributed by atoms with Gasteiger partial charge in [-0.1, -0.05) is 0 Å². The fourth-order valence-corrected chi connectivity index (χ4v) is 2.57. The Bertz CT molecular complexity index is 421. The molecule has 0 radical (unpaired) electrons. The van der Waals surface area contributed by atoms with Gasteiger partial charge in [0.1, 0.15) is 6.10 Å². The first-order valence-corrected chi connectivity index (χ1v) is 13.2. The van der Waals surface area contributed by atoms with Gasteiger partial charge in [-0.25, -0.2) is 0 Å². The van der Waals surface area contributed by atoms with E-state index in [1.807, 2.05) is 0 Å². The van der Waals surface area contributed by atoms with Gasteiger partial charge in [0.15, 0.2) is 0 Å². The van der Waals surface area contributed by atoms with E-state index in [2.05, 4.69) is 0 Å². The van der Waals surface area contributed by atoms with Crippen molar-refractivity contribution in [1.82, 2.24) is 0 Å². The molecule has 0 aromatic carbocycles. The van der Waals surface area contributed by atoms with E-state index < -0.39 is 6.10 Å².